The van der Waals surface area contributed by atoms with Gasteiger partial charge < -0.3 is 16.0 Å². The molecule has 0 spiro atoms. The number of carbonyl (C=O) groups is 2. The fraction of sp³-hybridized carbons (Fsp3) is 0.333. The molecule has 0 saturated carbocycles. The molecule has 1 unspecified atom stereocenters. The van der Waals surface area contributed by atoms with Crippen molar-refractivity contribution in [1.29, 1.82) is 0 Å². The van der Waals surface area contributed by atoms with Crippen molar-refractivity contribution < 1.29 is 9.59 Å². The molecule has 1 aromatic carbocycles. The normalized spacial score (nSPS) is 11.1. The molecule has 0 fully saturated rings. The fourth-order valence-electron chi connectivity index (χ4n) is 1.63. The lowest BCUT2D eigenvalue weighted by molar-refractivity contribution is -0.130. The highest BCUT2D eigenvalue weighted by Crippen LogP contribution is 2.17. The third-order valence-corrected chi connectivity index (χ3v) is 3.03. The highest BCUT2D eigenvalue weighted by molar-refractivity contribution is 6.32. The predicted octanol–water partition coefficient (Wildman–Crippen LogP) is 0.857. The Hall–Kier alpha value is -2.03. The number of nitrogens with one attached hydrogen (secondary N) is 1. The first-order valence-electron chi connectivity index (χ1n) is 6.37. The molecule has 6 heteroatoms. The highest BCUT2D eigenvalue weighted by atomic mass is 35.5. The summed E-state index contributed by atoms with van der Waals surface area (Å²) in [5.41, 5.74) is 6.27. The van der Waals surface area contributed by atoms with Crippen molar-refractivity contribution in [3.63, 3.8) is 0 Å². The van der Waals surface area contributed by atoms with Gasteiger partial charge in [0, 0.05) is 25.2 Å². The molecule has 0 aromatic heterocycles. The van der Waals surface area contributed by atoms with E-state index in [2.05, 4.69) is 17.2 Å². The molecule has 21 heavy (non-hydrogen) atoms. The van der Waals surface area contributed by atoms with E-state index < -0.39 is 6.04 Å². The molecule has 1 atom stereocenters. The molecule has 0 aliphatic rings. The van der Waals surface area contributed by atoms with Crippen molar-refractivity contribution in [1.82, 2.24) is 10.2 Å². The zero-order valence-electron chi connectivity index (χ0n) is 12.2. The van der Waals surface area contributed by atoms with E-state index in [1.165, 1.54) is 11.0 Å². The maximum absolute atomic E-state index is 12.1. The molecular weight excluding hydrogens is 290 g/mol. The number of likely N-dealkylation sites (N-methyl/N-ethyl adjacent to an activating group) is 1. The maximum atomic E-state index is 12.1. The largest absolute Gasteiger partial charge is 0.347 e. The van der Waals surface area contributed by atoms with Gasteiger partial charge in [0.05, 0.1) is 11.6 Å². The summed E-state index contributed by atoms with van der Waals surface area (Å²) in [5.74, 6) is 4.97. The van der Waals surface area contributed by atoms with Crippen molar-refractivity contribution in [2.45, 2.75) is 13.0 Å². The summed E-state index contributed by atoms with van der Waals surface area (Å²) >= 11 is 6.06. The molecule has 0 radical (unpaired) electrons. The van der Waals surface area contributed by atoms with Crippen LogP contribution in [-0.2, 0) is 4.79 Å². The summed E-state index contributed by atoms with van der Waals surface area (Å²) in [4.78, 5) is 25.2. The van der Waals surface area contributed by atoms with E-state index in [0.29, 0.717) is 16.1 Å². The van der Waals surface area contributed by atoms with E-state index in [-0.39, 0.29) is 18.4 Å². The minimum atomic E-state index is -0.608. The molecule has 1 rings (SSSR count). The SMILES string of the molecule is CC(NC(=O)c1ccc(C#CCN)c(Cl)c1)C(=O)N(C)C. The van der Waals surface area contributed by atoms with Crippen LogP contribution in [0.2, 0.25) is 5.02 Å². The monoisotopic (exact) mass is 307 g/mol. The third kappa shape index (κ3) is 4.78. The van der Waals surface area contributed by atoms with E-state index >= 15 is 0 Å². The maximum Gasteiger partial charge on any atom is 0.251 e. The first-order valence-corrected chi connectivity index (χ1v) is 6.75. The van der Waals surface area contributed by atoms with Crippen LogP contribution in [0.5, 0.6) is 0 Å². The Kier molecular flexibility index (Phi) is 6.22. The molecule has 112 valence electrons. The zero-order chi connectivity index (χ0) is 16.0. The van der Waals surface area contributed by atoms with Crippen LogP contribution in [-0.4, -0.2) is 43.4 Å². The molecule has 1 aromatic rings. The summed E-state index contributed by atoms with van der Waals surface area (Å²) in [7, 11) is 3.26. The molecule has 0 saturated heterocycles. The second-order valence-electron chi connectivity index (χ2n) is 4.63. The number of rotatable bonds is 3. The van der Waals surface area contributed by atoms with E-state index in [1.807, 2.05) is 0 Å². The Morgan fingerprint density at radius 1 is 1.43 bits per heavy atom. The van der Waals surface area contributed by atoms with Crippen molar-refractivity contribution >= 4 is 23.4 Å². The van der Waals surface area contributed by atoms with Gasteiger partial charge in [0.25, 0.3) is 5.91 Å². The molecule has 0 heterocycles. The van der Waals surface area contributed by atoms with Crippen molar-refractivity contribution in [2.75, 3.05) is 20.6 Å². The molecule has 0 aliphatic heterocycles. The van der Waals surface area contributed by atoms with E-state index in [4.69, 9.17) is 17.3 Å². The molecule has 3 N–H and O–H groups in total. The minimum absolute atomic E-state index is 0.181. The van der Waals surface area contributed by atoms with Gasteiger partial charge in [-0.25, -0.2) is 0 Å². The van der Waals surface area contributed by atoms with Crippen LogP contribution in [0.15, 0.2) is 18.2 Å². The molecule has 0 bridgehead atoms. The van der Waals surface area contributed by atoms with E-state index in [9.17, 15) is 9.59 Å². The van der Waals surface area contributed by atoms with Gasteiger partial charge in [-0.3, -0.25) is 9.59 Å². The van der Waals surface area contributed by atoms with Crippen LogP contribution in [0.25, 0.3) is 0 Å². The van der Waals surface area contributed by atoms with E-state index in [0.717, 1.165) is 0 Å². The van der Waals surface area contributed by atoms with Gasteiger partial charge in [-0.1, -0.05) is 23.4 Å². The molecule has 0 aliphatic carbocycles. The van der Waals surface area contributed by atoms with Gasteiger partial charge >= 0.3 is 0 Å². The van der Waals surface area contributed by atoms with Crippen molar-refractivity contribution in [2.24, 2.45) is 5.73 Å². The first-order chi connectivity index (χ1) is 9.86. The second-order valence-corrected chi connectivity index (χ2v) is 5.04. The Balaban J connectivity index is 2.84. The van der Waals surface area contributed by atoms with Crippen LogP contribution >= 0.6 is 11.6 Å². The number of nitrogens with two attached hydrogens (primary N) is 1. The Morgan fingerprint density at radius 2 is 2.10 bits per heavy atom. The van der Waals surface area contributed by atoms with Crippen LogP contribution in [0.4, 0.5) is 0 Å². The number of carbonyl (C=O) groups excluding carboxylic acids is 2. The third-order valence-electron chi connectivity index (χ3n) is 2.72. The van der Waals surface area contributed by atoms with Gasteiger partial charge in [-0.15, -0.1) is 0 Å². The Bertz CT molecular complexity index is 603. The summed E-state index contributed by atoms with van der Waals surface area (Å²) in [5, 5.41) is 2.99. The number of benzene rings is 1. The van der Waals surface area contributed by atoms with Crippen molar-refractivity contribution in [3.8, 4) is 11.8 Å². The number of amides is 2. The predicted molar refractivity (Wildman–Crippen MR) is 83.0 cm³/mol. The van der Waals surface area contributed by atoms with Gasteiger partial charge in [0.15, 0.2) is 0 Å². The number of hydrogen-bond acceptors (Lipinski definition) is 3. The standard InChI is InChI=1S/C15H18ClN3O2/c1-10(15(21)19(2)3)18-14(20)12-7-6-11(5-4-8-17)13(16)9-12/h6-7,9-10H,8,17H2,1-3H3,(H,18,20). The average Bonchev–Trinajstić information content (AvgIpc) is 2.44. The summed E-state index contributed by atoms with van der Waals surface area (Å²) in [6, 6.07) is 4.17. The van der Waals surface area contributed by atoms with Crippen LogP contribution in [0, 0.1) is 11.8 Å². The van der Waals surface area contributed by atoms with Crippen LogP contribution in [0.3, 0.4) is 0 Å². The average molecular weight is 308 g/mol. The molecular formula is C15H18ClN3O2. The number of nitrogens with zero attached hydrogens (tertiary/aromatic N) is 1. The van der Waals surface area contributed by atoms with Gasteiger partial charge in [0.2, 0.25) is 5.91 Å². The fourth-order valence-corrected chi connectivity index (χ4v) is 1.86. The Labute approximate surface area is 129 Å². The highest BCUT2D eigenvalue weighted by Gasteiger charge is 2.18. The van der Waals surface area contributed by atoms with Crippen molar-refractivity contribution in [3.05, 3.63) is 34.3 Å². The summed E-state index contributed by atoms with van der Waals surface area (Å²) in [6.07, 6.45) is 0. The smallest absolute Gasteiger partial charge is 0.251 e. The summed E-state index contributed by atoms with van der Waals surface area (Å²) in [6.45, 7) is 1.87. The van der Waals surface area contributed by atoms with Crippen LogP contribution < -0.4 is 11.1 Å². The van der Waals surface area contributed by atoms with E-state index in [1.54, 1.807) is 33.2 Å². The second kappa shape index (κ2) is 7.67. The van der Waals surface area contributed by atoms with Gasteiger partial charge in [-0.05, 0) is 25.1 Å². The quantitative estimate of drug-likeness (QED) is 0.813. The summed E-state index contributed by atoms with van der Waals surface area (Å²) < 4.78 is 0. The minimum Gasteiger partial charge on any atom is -0.347 e. The zero-order valence-corrected chi connectivity index (χ0v) is 13.0. The topological polar surface area (TPSA) is 75.4 Å². The molecule has 5 nitrogen and oxygen atoms in total. The first kappa shape index (κ1) is 17.0. The van der Waals surface area contributed by atoms with Gasteiger partial charge in [-0.2, -0.15) is 0 Å². The lowest BCUT2D eigenvalue weighted by Crippen LogP contribution is -2.44. The lowest BCUT2D eigenvalue weighted by atomic mass is 10.1. The number of hydrogen-bond donors (Lipinski definition) is 2. The molecule has 2 amide bonds. The van der Waals surface area contributed by atoms with Crippen LogP contribution in [0.1, 0.15) is 22.8 Å². The Morgan fingerprint density at radius 3 is 2.62 bits per heavy atom. The lowest BCUT2D eigenvalue weighted by Gasteiger charge is -2.18. The number of halogens is 1. The van der Waals surface area contributed by atoms with Gasteiger partial charge in [0.1, 0.15) is 6.04 Å².